The molecule has 5 heteroatoms. The average molecular weight is 191 g/mol. The Balaban J connectivity index is 3.29. The van der Waals surface area contributed by atoms with Gasteiger partial charge in [0.15, 0.2) is 11.9 Å². The summed E-state index contributed by atoms with van der Waals surface area (Å²) in [5.41, 5.74) is -0.288. The second kappa shape index (κ2) is 2.90. The first-order chi connectivity index (χ1) is 5.82. The molecule has 0 saturated carbocycles. The van der Waals surface area contributed by atoms with Gasteiger partial charge in [-0.3, -0.25) is 0 Å². The minimum absolute atomic E-state index is 0.234. The van der Waals surface area contributed by atoms with Gasteiger partial charge in [0, 0.05) is 12.5 Å². The van der Waals surface area contributed by atoms with Gasteiger partial charge in [-0.2, -0.15) is 17.9 Å². The zero-order valence-corrected chi connectivity index (χ0v) is 7.14. The molecule has 0 amide bonds. The summed E-state index contributed by atoms with van der Waals surface area (Å²) < 4.78 is 36.6. The Morgan fingerprint density at radius 3 is 2.23 bits per heavy atom. The number of hydrogen-bond acceptors (Lipinski definition) is 1. The molecular formula is C8H8F3NO. The number of hydrogen-bond donors (Lipinski definition) is 0. The molecule has 0 atom stereocenters. The standard InChI is InChI=1S/C8H8F3NO/c1-5-3-7(8(9,10)11)4-12(13)6(5)2/h3-4H,1-2H3. The predicted molar refractivity (Wildman–Crippen MR) is 39.9 cm³/mol. The van der Waals surface area contributed by atoms with Gasteiger partial charge >= 0.3 is 6.18 Å². The molecule has 0 spiro atoms. The van der Waals surface area contributed by atoms with E-state index in [1.165, 1.54) is 13.8 Å². The van der Waals surface area contributed by atoms with E-state index in [-0.39, 0.29) is 10.4 Å². The molecule has 0 radical (unpaired) electrons. The van der Waals surface area contributed by atoms with Crippen molar-refractivity contribution in [3.8, 4) is 0 Å². The molecule has 1 aromatic heterocycles. The first kappa shape index (κ1) is 9.83. The van der Waals surface area contributed by atoms with E-state index in [9.17, 15) is 18.4 Å². The van der Waals surface area contributed by atoms with E-state index in [0.717, 1.165) is 6.07 Å². The lowest BCUT2D eigenvalue weighted by Gasteiger charge is -2.09. The third-order valence-electron chi connectivity index (χ3n) is 1.86. The molecular weight excluding hydrogens is 183 g/mol. The smallest absolute Gasteiger partial charge is 0.422 e. The van der Waals surface area contributed by atoms with Gasteiger partial charge in [0.25, 0.3) is 0 Å². The average Bonchev–Trinajstić information content (AvgIpc) is 1.97. The lowest BCUT2D eigenvalue weighted by molar-refractivity contribution is -0.613. The van der Waals surface area contributed by atoms with Crippen LogP contribution in [-0.4, -0.2) is 0 Å². The summed E-state index contributed by atoms with van der Waals surface area (Å²) in [5, 5.41) is 10.9. The summed E-state index contributed by atoms with van der Waals surface area (Å²) in [7, 11) is 0. The van der Waals surface area contributed by atoms with Crippen molar-refractivity contribution >= 4 is 0 Å². The van der Waals surface area contributed by atoms with Crippen molar-refractivity contribution in [2.24, 2.45) is 0 Å². The van der Waals surface area contributed by atoms with Crippen molar-refractivity contribution in [3.63, 3.8) is 0 Å². The molecule has 0 bridgehead atoms. The van der Waals surface area contributed by atoms with Crippen molar-refractivity contribution in [1.29, 1.82) is 0 Å². The molecule has 2 nitrogen and oxygen atoms in total. The fourth-order valence-corrected chi connectivity index (χ4v) is 0.927. The maximum absolute atomic E-state index is 12.1. The second-order valence-corrected chi connectivity index (χ2v) is 2.82. The van der Waals surface area contributed by atoms with Gasteiger partial charge < -0.3 is 5.21 Å². The Bertz CT molecular complexity index is 310. The van der Waals surface area contributed by atoms with E-state index in [0.29, 0.717) is 11.8 Å². The van der Waals surface area contributed by atoms with E-state index in [1.807, 2.05) is 0 Å². The van der Waals surface area contributed by atoms with Gasteiger partial charge in [0.05, 0.1) is 0 Å². The number of pyridine rings is 1. The quantitative estimate of drug-likeness (QED) is 0.455. The predicted octanol–water partition coefficient (Wildman–Crippen LogP) is 1.96. The van der Waals surface area contributed by atoms with Gasteiger partial charge in [-0.15, -0.1) is 0 Å². The van der Waals surface area contributed by atoms with Crippen LogP contribution in [0.15, 0.2) is 12.3 Å². The first-order valence-electron chi connectivity index (χ1n) is 3.60. The maximum Gasteiger partial charge on any atom is 0.422 e. The Kier molecular flexibility index (Phi) is 2.19. The highest BCUT2D eigenvalue weighted by Gasteiger charge is 2.33. The Labute approximate surface area is 73.2 Å². The third-order valence-corrected chi connectivity index (χ3v) is 1.86. The van der Waals surface area contributed by atoms with Gasteiger partial charge in [-0.05, 0) is 13.0 Å². The Morgan fingerprint density at radius 1 is 1.31 bits per heavy atom. The summed E-state index contributed by atoms with van der Waals surface area (Å²) in [6.07, 6.45) is -3.91. The highest BCUT2D eigenvalue weighted by molar-refractivity contribution is 5.21. The van der Waals surface area contributed by atoms with Crippen LogP contribution >= 0.6 is 0 Å². The highest BCUT2D eigenvalue weighted by atomic mass is 19.4. The normalized spacial score (nSPS) is 11.8. The molecule has 0 aliphatic heterocycles. The molecule has 0 aromatic carbocycles. The van der Waals surface area contributed by atoms with Crippen LogP contribution in [0.3, 0.4) is 0 Å². The number of nitrogens with zero attached hydrogens (tertiary/aromatic N) is 1. The fourth-order valence-electron chi connectivity index (χ4n) is 0.927. The molecule has 0 aliphatic carbocycles. The van der Waals surface area contributed by atoms with Gasteiger partial charge in [-0.1, -0.05) is 0 Å². The number of aromatic nitrogens is 1. The minimum Gasteiger partial charge on any atom is -0.618 e. The maximum atomic E-state index is 12.1. The van der Waals surface area contributed by atoms with Crippen molar-refractivity contribution in [2.75, 3.05) is 0 Å². The number of alkyl halides is 3. The summed E-state index contributed by atoms with van der Waals surface area (Å²) in [6.45, 7) is 2.95. The van der Waals surface area contributed by atoms with Crippen molar-refractivity contribution in [1.82, 2.24) is 0 Å². The molecule has 72 valence electrons. The van der Waals surface area contributed by atoms with Crippen LogP contribution in [0, 0.1) is 19.1 Å². The van der Waals surface area contributed by atoms with Crippen molar-refractivity contribution < 1.29 is 17.9 Å². The SMILES string of the molecule is Cc1cc(C(F)(F)F)c[n+]([O-])c1C. The third kappa shape index (κ3) is 1.91. The molecule has 0 aliphatic rings. The molecule has 1 heterocycles. The summed E-state index contributed by atoms with van der Waals surface area (Å²) in [4.78, 5) is 0. The molecule has 0 saturated heterocycles. The number of aryl methyl sites for hydroxylation is 1. The number of rotatable bonds is 0. The Morgan fingerprint density at radius 2 is 1.85 bits per heavy atom. The molecule has 1 aromatic rings. The second-order valence-electron chi connectivity index (χ2n) is 2.82. The van der Waals surface area contributed by atoms with Crippen LogP contribution in [0.2, 0.25) is 0 Å². The van der Waals surface area contributed by atoms with E-state index < -0.39 is 11.7 Å². The summed E-state index contributed by atoms with van der Waals surface area (Å²) in [5.74, 6) is 0. The summed E-state index contributed by atoms with van der Waals surface area (Å²) >= 11 is 0. The van der Waals surface area contributed by atoms with Crippen LogP contribution in [0.4, 0.5) is 13.2 Å². The lowest BCUT2D eigenvalue weighted by Crippen LogP contribution is -2.32. The molecule has 1 rings (SSSR count). The van der Waals surface area contributed by atoms with Crippen LogP contribution in [0.5, 0.6) is 0 Å². The van der Waals surface area contributed by atoms with E-state index in [2.05, 4.69) is 0 Å². The minimum atomic E-state index is -4.45. The van der Waals surface area contributed by atoms with Crippen LogP contribution in [-0.2, 0) is 6.18 Å². The molecule has 0 fully saturated rings. The van der Waals surface area contributed by atoms with Crippen LogP contribution < -0.4 is 4.73 Å². The topological polar surface area (TPSA) is 26.9 Å². The Hall–Kier alpha value is -1.26. The zero-order valence-electron chi connectivity index (χ0n) is 7.14. The van der Waals surface area contributed by atoms with Crippen LogP contribution in [0.25, 0.3) is 0 Å². The van der Waals surface area contributed by atoms with Gasteiger partial charge in [0.2, 0.25) is 0 Å². The van der Waals surface area contributed by atoms with Gasteiger partial charge in [-0.25, -0.2) is 0 Å². The van der Waals surface area contributed by atoms with Crippen molar-refractivity contribution in [2.45, 2.75) is 20.0 Å². The van der Waals surface area contributed by atoms with Crippen molar-refractivity contribution in [3.05, 3.63) is 34.3 Å². The highest BCUT2D eigenvalue weighted by Crippen LogP contribution is 2.28. The molecule has 0 unspecified atom stereocenters. The van der Waals surface area contributed by atoms with E-state index in [4.69, 9.17) is 0 Å². The largest absolute Gasteiger partial charge is 0.618 e. The zero-order chi connectivity index (χ0) is 10.2. The summed E-state index contributed by atoms with van der Waals surface area (Å²) in [6, 6.07) is 0.962. The fraction of sp³-hybridized carbons (Fsp3) is 0.375. The van der Waals surface area contributed by atoms with E-state index >= 15 is 0 Å². The van der Waals surface area contributed by atoms with Gasteiger partial charge in [0.1, 0.15) is 5.56 Å². The number of halogens is 3. The lowest BCUT2D eigenvalue weighted by atomic mass is 10.1. The van der Waals surface area contributed by atoms with E-state index in [1.54, 1.807) is 0 Å². The molecule has 13 heavy (non-hydrogen) atoms. The van der Waals surface area contributed by atoms with Crippen LogP contribution in [0.1, 0.15) is 16.8 Å². The molecule has 0 N–H and O–H groups in total. The first-order valence-corrected chi connectivity index (χ1v) is 3.60. The monoisotopic (exact) mass is 191 g/mol.